The van der Waals surface area contributed by atoms with E-state index >= 15 is 0 Å². The van der Waals surface area contributed by atoms with Gasteiger partial charge in [0.15, 0.2) is 0 Å². The van der Waals surface area contributed by atoms with Crippen LogP contribution in [-0.4, -0.2) is 16.6 Å². The van der Waals surface area contributed by atoms with Crippen LogP contribution in [0.15, 0.2) is 36.4 Å². The van der Waals surface area contributed by atoms with Gasteiger partial charge in [-0.25, -0.2) is 9.97 Å². The first-order valence-corrected chi connectivity index (χ1v) is 7.82. The summed E-state index contributed by atoms with van der Waals surface area (Å²) >= 11 is 6.08. The molecule has 0 radical (unpaired) electrons. The number of anilines is 1. The van der Waals surface area contributed by atoms with Crippen LogP contribution in [0.25, 0.3) is 10.9 Å². The van der Waals surface area contributed by atoms with E-state index in [2.05, 4.69) is 22.1 Å². The molecule has 118 valence electrons. The lowest BCUT2D eigenvalue weighted by Crippen LogP contribution is -2.07. The van der Waals surface area contributed by atoms with Gasteiger partial charge in [0.25, 0.3) is 0 Å². The van der Waals surface area contributed by atoms with Crippen molar-refractivity contribution in [2.75, 3.05) is 12.3 Å². The highest BCUT2D eigenvalue weighted by Gasteiger charge is 2.08. The Kier molecular flexibility index (Phi) is 4.35. The van der Waals surface area contributed by atoms with Crippen molar-refractivity contribution in [2.24, 2.45) is 0 Å². The van der Waals surface area contributed by atoms with Crippen molar-refractivity contribution >= 4 is 28.5 Å². The van der Waals surface area contributed by atoms with E-state index < -0.39 is 0 Å². The van der Waals surface area contributed by atoms with Crippen LogP contribution in [-0.2, 0) is 6.42 Å². The predicted octanol–water partition coefficient (Wildman–Crippen LogP) is 4.10. The maximum Gasteiger partial charge on any atom is 0.220 e. The average molecular weight is 328 g/mol. The molecule has 2 N–H and O–H groups in total. The first-order chi connectivity index (χ1) is 11.0. The second-order valence-electron chi connectivity index (χ2n) is 5.56. The number of nitrogen functional groups attached to an aromatic ring is 1. The smallest absolute Gasteiger partial charge is 0.220 e. The number of ether oxygens (including phenoxy) is 1. The maximum atomic E-state index is 6.08. The van der Waals surface area contributed by atoms with E-state index in [9.17, 15) is 0 Å². The second-order valence-corrected chi connectivity index (χ2v) is 5.99. The minimum absolute atomic E-state index is 0.265. The fourth-order valence-corrected chi connectivity index (χ4v) is 2.67. The molecule has 0 aliphatic carbocycles. The quantitative estimate of drug-likeness (QED) is 0.783. The third-order valence-electron chi connectivity index (χ3n) is 3.69. The van der Waals surface area contributed by atoms with E-state index in [0.29, 0.717) is 18.1 Å². The summed E-state index contributed by atoms with van der Waals surface area (Å²) < 4.78 is 5.91. The van der Waals surface area contributed by atoms with Crippen molar-refractivity contribution < 1.29 is 4.74 Å². The van der Waals surface area contributed by atoms with Gasteiger partial charge in [-0.2, -0.15) is 0 Å². The van der Waals surface area contributed by atoms with Gasteiger partial charge in [-0.15, -0.1) is 0 Å². The third kappa shape index (κ3) is 3.54. The molecule has 5 heteroatoms. The zero-order valence-electron chi connectivity index (χ0n) is 13.1. The van der Waals surface area contributed by atoms with Gasteiger partial charge in [0.05, 0.1) is 17.8 Å². The van der Waals surface area contributed by atoms with Crippen molar-refractivity contribution in [2.45, 2.75) is 20.3 Å². The van der Waals surface area contributed by atoms with Crippen LogP contribution in [0, 0.1) is 13.8 Å². The summed E-state index contributed by atoms with van der Waals surface area (Å²) in [6.45, 7) is 4.60. The molecule has 0 amide bonds. The Morgan fingerprint density at radius 1 is 1.09 bits per heavy atom. The number of halogens is 1. The maximum absolute atomic E-state index is 6.08. The molecule has 1 aromatic heterocycles. The topological polar surface area (TPSA) is 61.0 Å². The number of aryl methyl sites for hydroxylation is 2. The van der Waals surface area contributed by atoms with Gasteiger partial charge in [-0.1, -0.05) is 23.7 Å². The first kappa shape index (κ1) is 15.6. The van der Waals surface area contributed by atoms with Crippen LogP contribution >= 0.6 is 11.6 Å². The molecule has 0 aliphatic heterocycles. The molecule has 0 unspecified atom stereocenters. The Balaban J connectivity index is 1.81. The summed E-state index contributed by atoms with van der Waals surface area (Å²) in [7, 11) is 0. The highest BCUT2D eigenvalue weighted by atomic mass is 35.5. The van der Waals surface area contributed by atoms with Crippen molar-refractivity contribution in [3.8, 4) is 5.75 Å². The SMILES string of the molecule is Cc1ccc(C)c(OCCc2nc(N)nc3ccc(Cl)cc23)c1. The van der Waals surface area contributed by atoms with Crippen LogP contribution in [0.4, 0.5) is 5.95 Å². The Bertz CT molecular complexity index is 864. The molecule has 0 aliphatic rings. The normalized spacial score (nSPS) is 10.9. The summed E-state index contributed by atoms with van der Waals surface area (Å²) in [5, 5.41) is 1.57. The number of aromatic nitrogens is 2. The fraction of sp³-hybridized carbons (Fsp3) is 0.222. The van der Waals surface area contributed by atoms with E-state index in [-0.39, 0.29) is 5.95 Å². The summed E-state index contributed by atoms with van der Waals surface area (Å²) in [4.78, 5) is 8.58. The highest BCUT2D eigenvalue weighted by molar-refractivity contribution is 6.31. The molecule has 3 aromatic rings. The van der Waals surface area contributed by atoms with E-state index in [1.54, 1.807) is 6.07 Å². The highest BCUT2D eigenvalue weighted by Crippen LogP contribution is 2.23. The van der Waals surface area contributed by atoms with Crippen LogP contribution in [0.1, 0.15) is 16.8 Å². The lowest BCUT2D eigenvalue weighted by molar-refractivity contribution is 0.318. The van der Waals surface area contributed by atoms with Crippen LogP contribution < -0.4 is 10.5 Å². The lowest BCUT2D eigenvalue weighted by Gasteiger charge is -2.11. The summed E-state index contributed by atoms with van der Waals surface area (Å²) in [6, 6.07) is 11.7. The van der Waals surface area contributed by atoms with Gasteiger partial charge in [0.1, 0.15) is 5.75 Å². The minimum Gasteiger partial charge on any atom is -0.493 e. The molecule has 0 atom stereocenters. The van der Waals surface area contributed by atoms with Crippen LogP contribution in [0.3, 0.4) is 0 Å². The van der Waals surface area contributed by atoms with E-state index in [1.807, 2.05) is 32.0 Å². The van der Waals surface area contributed by atoms with Gasteiger partial charge in [-0.3, -0.25) is 0 Å². The van der Waals surface area contributed by atoms with Crippen molar-refractivity contribution in [3.05, 3.63) is 58.2 Å². The van der Waals surface area contributed by atoms with Crippen molar-refractivity contribution in [3.63, 3.8) is 0 Å². The number of hydrogen-bond donors (Lipinski definition) is 1. The number of hydrogen-bond acceptors (Lipinski definition) is 4. The number of rotatable bonds is 4. The Hall–Kier alpha value is -2.33. The molecule has 1 heterocycles. The number of fused-ring (bicyclic) bond motifs is 1. The third-order valence-corrected chi connectivity index (χ3v) is 3.93. The van der Waals surface area contributed by atoms with Crippen molar-refractivity contribution in [1.29, 1.82) is 0 Å². The predicted molar refractivity (Wildman–Crippen MR) is 94.1 cm³/mol. The Morgan fingerprint density at radius 2 is 1.91 bits per heavy atom. The molecule has 0 fully saturated rings. The summed E-state index contributed by atoms with van der Waals surface area (Å²) in [5.74, 6) is 1.16. The largest absolute Gasteiger partial charge is 0.493 e. The molecule has 0 bridgehead atoms. The summed E-state index contributed by atoms with van der Waals surface area (Å²) in [6.07, 6.45) is 0.636. The Labute approximate surface area is 140 Å². The van der Waals surface area contributed by atoms with E-state index in [0.717, 1.165) is 27.9 Å². The molecule has 2 aromatic carbocycles. The Morgan fingerprint density at radius 3 is 2.74 bits per heavy atom. The number of nitrogens with zero attached hydrogens (tertiary/aromatic N) is 2. The number of benzene rings is 2. The average Bonchev–Trinajstić information content (AvgIpc) is 2.51. The van der Waals surface area contributed by atoms with Gasteiger partial charge < -0.3 is 10.5 Å². The number of nitrogens with two attached hydrogens (primary N) is 1. The molecule has 0 spiro atoms. The molecule has 23 heavy (non-hydrogen) atoms. The molecule has 3 rings (SSSR count). The van der Waals surface area contributed by atoms with Gasteiger partial charge in [0, 0.05) is 16.8 Å². The van der Waals surface area contributed by atoms with Gasteiger partial charge in [0.2, 0.25) is 5.95 Å². The second kappa shape index (κ2) is 6.42. The van der Waals surface area contributed by atoms with E-state index in [1.165, 1.54) is 5.56 Å². The molecule has 0 saturated heterocycles. The zero-order valence-corrected chi connectivity index (χ0v) is 13.9. The van der Waals surface area contributed by atoms with Crippen LogP contribution in [0.5, 0.6) is 5.75 Å². The zero-order chi connectivity index (χ0) is 16.4. The first-order valence-electron chi connectivity index (χ1n) is 7.44. The monoisotopic (exact) mass is 327 g/mol. The lowest BCUT2D eigenvalue weighted by atomic mass is 10.1. The van der Waals surface area contributed by atoms with E-state index in [4.69, 9.17) is 22.1 Å². The van der Waals surface area contributed by atoms with Crippen LogP contribution in [0.2, 0.25) is 5.02 Å². The molecule has 4 nitrogen and oxygen atoms in total. The van der Waals surface area contributed by atoms with Crippen molar-refractivity contribution in [1.82, 2.24) is 9.97 Å². The minimum atomic E-state index is 0.265. The van der Waals surface area contributed by atoms with Gasteiger partial charge in [-0.05, 0) is 49.2 Å². The standard InChI is InChI=1S/C18H18ClN3O/c1-11-3-4-12(2)17(9-11)23-8-7-16-14-10-13(19)5-6-15(14)21-18(20)22-16/h3-6,9-10H,7-8H2,1-2H3,(H2,20,21,22). The molecular formula is C18H18ClN3O. The summed E-state index contributed by atoms with van der Waals surface area (Å²) in [5.41, 5.74) is 9.73. The van der Waals surface area contributed by atoms with Gasteiger partial charge >= 0.3 is 0 Å². The fourth-order valence-electron chi connectivity index (χ4n) is 2.49. The molecular weight excluding hydrogens is 310 g/mol. The molecule has 0 saturated carbocycles.